The number of nitrogens with zero attached hydrogens (tertiary/aromatic N) is 3. The first-order valence-corrected chi connectivity index (χ1v) is 5.26. The molecule has 0 aliphatic heterocycles. The van der Waals surface area contributed by atoms with Crippen LogP contribution in [0, 0.1) is 12.7 Å². The molecule has 3 aromatic rings. The van der Waals surface area contributed by atoms with Crippen LogP contribution in [0.15, 0.2) is 39.3 Å². The Balaban J connectivity index is 2.02. The summed E-state index contributed by atoms with van der Waals surface area (Å²) in [5, 5.41) is 11.4. The molecule has 0 N–H and O–H groups in total. The Kier molecular flexibility index (Phi) is 2.40. The van der Waals surface area contributed by atoms with E-state index in [4.69, 9.17) is 8.94 Å². The number of benzene rings is 1. The van der Waals surface area contributed by atoms with Crippen LogP contribution in [0.25, 0.3) is 23.0 Å². The largest absolute Gasteiger partial charge is 0.414 e. The van der Waals surface area contributed by atoms with Gasteiger partial charge in [-0.1, -0.05) is 17.3 Å². The van der Waals surface area contributed by atoms with Crippen molar-refractivity contribution in [2.45, 2.75) is 6.92 Å². The molecular formula is C12H8FN3O2. The quantitative estimate of drug-likeness (QED) is 0.694. The predicted octanol–water partition coefficient (Wildman–Crippen LogP) is 2.84. The van der Waals surface area contributed by atoms with Crippen LogP contribution in [0.2, 0.25) is 0 Å². The molecule has 0 fully saturated rings. The second-order valence-corrected chi connectivity index (χ2v) is 3.72. The summed E-state index contributed by atoms with van der Waals surface area (Å²) < 4.78 is 23.8. The molecule has 18 heavy (non-hydrogen) atoms. The maximum atomic E-state index is 13.5. The third kappa shape index (κ3) is 1.77. The van der Waals surface area contributed by atoms with E-state index in [0.29, 0.717) is 11.5 Å². The number of rotatable bonds is 2. The number of halogens is 1. The van der Waals surface area contributed by atoms with Gasteiger partial charge in [-0.2, -0.15) is 0 Å². The number of aryl methyl sites for hydroxylation is 1. The van der Waals surface area contributed by atoms with Crippen LogP contribution in [-0.4, -0.2) is 15.4 Å². The second kappa shape index (κ2) is 4.06. The number of hydrogen-bond donors (Lipinski definition) is 0. The van der Waals surface area contributed by atoms with E-state index in [9.17, 15) is 4.39 Å². The van der Waals surface area contributed by atoms with Crippen LogP contribution >= 0.6 is 0 Å². The zero-order valence-electron chi connectivity index (χ0n) is 9.42. The number of aromatic nitrogens is 3. The van der Waals surface area contributed by atoms with Crippen LogP contribution in [0.5, 0.6) is 0 Å². The SMILES string of the molecule is Cc1cc(-c2nnc(-c3ccccc3F)o2)no1. The van der Waals surface area contributed by atoms with Gasteiger partial charge in [0, 0.05) is 6.07 Å². The summed E-state index contributed by atoms with van der Waals surface area (Å²) >= 11 is 0. The Labute approximate surface area is 101 Å². The average molecular weight is 245 g/mol. The highest BCUT2D eigenvalue weighted by Gasteiger charge is 2.15. The normalized spacial score (nSPS) is 10.8. The van der Waals surface area contributed by atoms with Crippen LogP contribution in [-0.2, 0) is 0 Å². The topological polar surface area (TPSA) is 65.0 Å². The molecule has 0 aliphatic rings. The summed E-state index contributed by atoms with van der Waals surface area (Å²) in [5.74, 6) is 0.536. The lowest BCUT2D eigenvalue weighted by Crippen LogP contribution is -1.82. The van der Waals surface area contributed by atoms with E-state index >= 15 is 0 Å². The molecule has 5 nitrogen and oxygen atoms in total. The van der Waals surface area contributed by atoms with Crippen molar-refractivity contribution in [1.29, 1.82) is 0 Å². The Morgan fingerprint density at radius 2 is 1.89 bits per heavy atom. The molecule has 0 aliphatic carbocycles. The van der Waals surface area contributed by atoms with Gasteiger partial charge >= 0.3 is 0 Å². The molecule has 3 rings (SSSR count). The highest BCUT2D eigenvalue weighted by Crippen LogP contribution is 2.25. The summed E-state index contributed by atoms with van der Waals surface area (Å²) in [7, 11) is 0. The third-order valence-electron chi connectivity index (χ3n) is 2.38. The van der Waals surface area contributed by atoms with Crippen LogP contribution in [0.4, 0.5) is 4.39 Å². The van der Waals surface area contributed by atoms with Crippen molar-refractivity contribution >= 4 is 0 Å². The molecule has 90 valence electrons. The molecule has 0 saturated heterocycles. The minimum Gasteiger partial charge on any atom is -0.414 e. The average Bonchev–Trinajstić information content (AvgIpc) is 2.98. The van der Waals surface area contributed by atoms with Gasteiger partial charge in [-0.3, -0.25) is 0 Å². The smallest absolute Gasteiger partial charge is 0.270 e. The zero-order chi connectivity index (χ0) is 12.5. The van der Waals surface area contributed by atoms with Crippen LogP contribution in [0.1, 0.15) is 5.76 Å². The standard InChI is InChI=1S/C12H8FN3O2/c1-7-6-10(16-18-7)12-15-14-11(17-12)8-4-2-3-5-9(8)13/h2-6H,1H3. The monoisotopic (exact) mass is 245 g/mol. The van der Waals surface area contributed by atoms with Gasteiger partial charge in [0.25, 0.3) is 11.8 Å². The van der Waals surface area contributed by atoms with Gasteiger partial charge in [-0.05, 0) is 19.1 Å². The molecule has 0 spiro atoms. The van der Waals surface area contributed by atoms with E-state index in [-0.39, 0.29) is 17.3 Å². The molecule has 6 heteroatoms. The van der Waals surface area contributed by atoms with Crippen molar-refractivity contribution in [3.63, 3.8) is 0 Å². The number of hydrogen-bond acceptors (Lipinski definition) is 5. The molecule has 0 saturated carbocycles. The van der Waals surface area contributed by atoms with Gasteiger partial charge in [-0.15, -0.1) is 10.2 Å². The molecule has 0 amide bonds. The van der Waals surface area contributed by atoms with Gasteiger partial charge in [0.2, 0.25) is 0 Å². The van der Waals surface area contributed by atoms with Gasteiger partial charge in [-0.25, -0.2) is 4.39 Å². The van der Waals surface area contributed by atoms with Gasteiger partial charge in [0.1, 0.15) is 11.6 Å². The highest BCUT2D eigenvalue weighted by molar-refractivity contribution is 5.56. The fourth-order valence-corrected chi connectivity index (χ4v) is 1.54. The van der Waals surface area contributed by atoms with Crippen molar-refractivity contribution in [2.24, 2.45) is 0 Å². The van der Waals surface area contributed by atoms with Crippen LogP contribution in [0.3, 0.4) is 0 Å². The van der Waals surface area contributed by atoms with Crippen molar-refractivity contribution in [1.82, 2.24) is 15.4 Å². The Bertz CT molecular complexity index is 690. The molecule has 2 aromatic heterocycles. The summed E-state index contributed by atoms with van der Waals surface area (Å²) in [6.45, 7) is 1.75. The lowest BCUT2D eigenvalue weighted by Gasteiger charge is -1.94. The molecular weight excluding hydrogens is 237 g/mol. The minimum absolute atomic E-state index is 0.115. The van der Waals surface area contributed by atoms with E-state index in [1.165, 1.54) is 6.07 Å². The first kappa shape index (κ1) is 10.6. The molecule has 0 unspecified atom stereocenters. The second-order valence-electron chi connectivity index (χ2n) is 3.72. The van der Waals surface area contributed by atoms with E-state index in [1.807, 2.05) is 0 Å². The van der Waals surface area contributed by atoms with Crippen molar-refractivity contribution in [3.8, 4) is 23.0 Å². The van der Waals surface area contributed by atoms with Crippen molar-refractivity contribution < 1.29 is 13.3 Å². The molecule has 2 heterocycles. The van der Waals surface area contributed by atoms with Gasteiger partial charge in [0.05, 0.1) is 5.56 Å². The first-order valence-electron chi connectivity index (χ1n) is 5.26. The summed E-state index contributed by atoms with van der Waals surface area (Å²) in [6, 6.07) is 7.86. The lowest BCUT2D eigenvalue weighted by molar-refractivity contribution is 0.397. The first-order chi connectivity index (χ1) is 8.74. The Morgan fingerprint density at radius 3 is 2.61 bits per heavy atom. The van der Waals surface area contributed by atoms with Crippen molar-refractivity contribution in [3.05, 3.63) is 41.9 Å². The fraction of sp³-hybridized carbons (Fsp3) is 0.0833. The molecule has 0 atom stereocenters. The van der Waals surface area contributed by atoms with Crippen LogP contribution < -0.4 is 0 Å². The minimum atomic E-state index is -0.413. The molecule has 1 aromatic carbocycles. The van der Waals surface area contributed by atoms with E-state index in [2.05, 4.69) is 15.4 Å². The molecule has 0 radical (unpaired) electrons. The maximum absolute atomic E-state index is 13.5. The molecule has 0 bridgehead atoms. The Morgan fingerprint density at radius 1 is 1.11 bits per heavy atom. The van der Waals surface area contributed by atoms with E-state index in [1.54, 1.807) is 31.2 Å². The highest BCUT2D eigenvalue weighted by atomic mass is 19.1. The zero-order valence-corrected chi connectivity index (χ0v) is 9.42. The van der Waals surface area contributed by atoms with E-state index < -0.39 is 5.82 Å². The predicted molar refractivity (Wildman–Crippen MR) is 59.9 cm³/mol. The Hall–Kier alpha value is -2.50. The van der Waals surface area contributed by atoms with E-state index in [0.717, 1.165) is 0 Å². The maximum Gasteiger partial charge on any atom is 0.270 e. The fourth-order valence-electron chi connectivity index (χ4n) is 1.54. The lowest BCUT2D eigenvalue weighted by atomic mass is 10.2. The van der Waals surface area contributed by atoms with Crippen molar-refractivity contribution in [2.75, 3.05) is 0 Å². The summed E-state index contributed by atoms with van der Waals surface area (Å²) in [6.07, 6.45) is 0. The third-order valence-corrected chi connectivity index (χ3v) is 2.38. The van der Waals surface area contributed by atoms with Gasteiger partial charge in [0.15, 0.2) is 5.69 Å². The van der Waals surface area contributed by atoms with Gasteiger partial charge < -0.3 is 8.94 Å². The summed E-state index contributed by atoms with van der Waals surface area (Å²) in [4.78, 5) is 0. The summed E-state index contributed by atoms with van der Waals surface area (Å²) in [5.41, 5.74) is 0.694.